The first kappa shape index (κ1) is 20.9. The third-order valence-electron chi connectivity index (χ3n) is 4.56. The highest BCUT2D eigenvalue weighted by atomic mass is 19.4. The largest absolute Gasteiger partial charge is 0.433 e. The normalized spacial score (nSPS) is 11.8. The summed E-state index contributed by atoms with van der Waals surface area (Å²) < 4.78 is 45.8. The molecule has 11 nitrogen and oxygen atoms in total. The van der Waals surface area contributed by atoms with Crippen LogP contribution in [0, 0.1) is 10.1 Å². The van der Waals surface area contributed by atoms with Crippen molar-refractivity contribution in [1.82, 2.24) is 24.3 Å². The first-order valence-corrected chi connectivity index (χ1v) is 8.81. The maximum absolute atomic E-state index is 12.9. The molecule has 0 saturated carbocycles. The third-order valence-corrected chi connectivity index (χ3v) is 4.56. The Morgan fingerprint density at radius 1 is 1.09 bits per heavy atom. The summed E-state index contributed by atoms with van der Waals surface area (Å²) in [5.41, 5.74) is -3.22. The van der Waals surface area contributed by atoms with Gasteiger partial charge in [-0.3, -0.25) is 24.0 Å². The van der Waals surface area contributed by atoms with Gasteiger partial charge in [-0.05, 0) is 24.3 Å². The second-order valence-electron chi connectivity index (χ2n) is 6.60. The zero-order valence-electron chi connectivity index (χ0n) is 16.0. The maximum atomic E-state index is 12.9. The SMILES string of the molecule is Cn1c(=O)n(Cc2nnc(-c3ccc([N+](=O)[O-])cc3)o2)c(=O)c2ccc(C(F)(F)F)nc21. The van der Waals surface area contributed by atoms with E-state index >= 15 is 0 Å². The van der Waals surface area contributed by atoms with Crippen LogP contribution in [0.25, 0.3) is 22.5 Å². The van der Waals surface area contributed by atoms with Gasteiger partial charge < -0.3 is 4.42 Å². The van der Waals surface area contributed by atoms with E-state index in [1.165, 1.54) is 31.3 Å². The summed E-state index contributed by atoms with van der Waals surface area (Å²) in [5, 5.41) is 18.1. The molecule has 1 aromatic carbocycles. The number of pyridine rings is 1. The monoisotopic (exact) mass is 448 g/mol. The lowest BCUT2D eigenvalue weighted by Gasteiger charge is -2.11. The van der Waals surface area contributed by atoms with E-state index in [0.717, 1.165) is 15.2 Å². The van der Waals surface area contributed by atoms with Gasteiger partial charge in [0.15, 0.2) is 0 Å². The lowest BCUT2D eigenvalue weighted by Crippen LogP contribution is -2.39. The molecule has 3 heterocycles. The Kier molecular flexibility index (Phi) is 4.83. The van der Waals surface area contributed by atoms with Crippen molar-refractivity contribution in [2.45, 2.75) is 12.7 Å². The molecule has 0 amide bonds. The topological polar surface area (TPSA) is 139 Å². The molecule has 0 aliphatic rings. The number of nitro benzene ring substituents is 1. The number of alkyl halides is 3. The quantitative estimate of drug-likeness (QED) is 0.342. The molecule has 0 N–H and O–H groups in total. The maximum Gasteiger partial charge on any atom is 0.433 e. The Morgan fingerprint density at radius 2 is 1.78 bits per heavy atom. The molecule has 3 aromatic heterocycles. The first-order valence-electron chi connectivity index (χ1n) is 8.81. The molecule has 0 unspecified atom stereocenters. The van der Waals surface area contributed by atoms with E-state index in [1.807, 2.05) is 0 Å². The molecule has 0 fully saturated rings. The fourth-order valence-corrected chi connectivity index (χ4v) is 2.97. The summed E-state index contributed by atoms with van der Waals surface area (Å²) in [6, 6.07) is 6.86. The fourth-order valence-electron chi connectivity index (χ4n) is 2.97. The van der Waals surface area contributed by atoms with Crippen LogP contribution in [0.3, 0.4) is 0 Å². The molecule has 0 aliphatic heterocycles. The minimum absolute atomic E-state index is 0.00274. The highest BCUT2D eigenvalue weighted by molar-refractivity contribution is 5.74. The summed E-state index contributed by atoms with van der Waals surface area (Å²) in [6.45, 7) is -0.442. The average Bonchev–Trinajstić information content (AvgIpc) is 3.23. The lowest BCUT2D eigenvalue weighted by molar-refractivity contribution is -0.384. The van der Waals surface area contributed by atoms with Gasteiger partial charge in [0.2, 0.25) is 11.8 Å². The molecule has 0 spiro atoms. The Hall–Kier alpha value is -4.36. The molecule has 4 rings (SSSR count). The Balaban J connectivity index is 1.72. The number of halogens is 3. The number of hydrogen-bond donors (Lipinski definition) is 0. The van der Waals surface area contributed by atoms with Gasteiger partial charge in [-0.2, -0.15) is 13.2 Å². The number of aryl methyl sites for hydroxylation is 1. The first-order chi connectivity index (χ1) is 15.1. The molecule has 32 heavy (non-hydrogen) atoms. The minimum atomic E-state index is -4.74. The molecule has 0 bridgehead atoms. The predicted molar refractivity (Wildman–Crippen MR) is 102 cm³/mol. The number of non-ortho nitro benzene ring substituents is 1. The summed E-state index contributed by atoms with van der Waals surface area (Å²) in [4.78, 5) is 38.9. The molecule has 0 atom stereocenters. The standard InChI is InChI=1S/C18H11F3N6O5/c1-25-14-11(6-7-12(22-14)18(19,20)21)16(28)26(17(25)29)8-13-23-24-15(32-13)9-2-4-10(5-3-9)27(30)31/h2-7H,8H2,1H3. The molecular formula is C18H11F3N6O5. The molecule has 14 heteroatoms. The van der Waals surface area contributed by atoms with Gasteiger partial charge >= 0.3 is 11.9 Å². The Bertz CT molecular complexity index is 1470. The average molecular weight is 448 g/mol. The van der Waals surface area contributed by atoms with E-state index in [1.54, 1.807) is 0 Å². The van der Waals surface area contributed by atoms with Crippen molar-refractivity contribution in [2.75, 3.05) is 0 Å². The van der Waals surface area contributed by atoms with Gasteiger partial charge in [0.05, 0.1) is 10.3 Å². The number of nitrogens with zero attached hydrogens (tertiary/aromatic N) is 6. The van der Waals surface area contributed by atoms with E-state index in [9.17, 15) is 32.9 Å². The van der Waals surface area contributed by atoms with Gasteiger partial charge in [0.25, 0.3) is 11.2 Å². The van der Waals surface area contributed by atoms with Crippen molar-refractivity contribution in [3.63, 3.8) is 0 Å². The van der Waals surface area contributed by atoms with Crippen molar-refractivity contribution < 1.29 is 22.5 Å². The Labute approximate surface area is 174 Å². The van der Waals surface area contributed by atoms with E-state index < -0.39 is 40.2 Å². The van der Waals surface area contributed by atoms with Crippen molar-refractivity contribution in [1.29, 1.82) is 0 Å². The molecule has 4 aromatic rings. The van der Waals surface area contributed by atoms with Crippen LogP contribution in [0.2, 0.25) is 0 Å². The van der Waals surface area contributed by atoms with Crippen LogP contribution in [0.4, 0.5) is 18.9 Å². The minimum Gasteiger partial charge on any atom is -0.419 e. The molecule has 0 saturated heterocycles. The van der Waals surface area contributed by atoms with Crippen molar-refractivity contribution in [3.05, 3.63) is 78.9 Å². The Morgan fingerprint density at radius 3 is 2.41 bits per heavy atom. The fraction of sp³-hybridized carbons (Fsp3) is 0.167. The van der Waals surface area contributed by atoms with Gasteiger partial charge in [0.1, 0.15) is 17.9 Å². The molecule has 164 valence electrons. The van der Waals surface area contributed by atoms with Crippen molar-refractivity contribution in [2.24, 2.45) is 7.05 Å². The molecule has 0 radical (unpaired) electrons. The number of rotatable bonds is 4. The van der Waals surface area contributed by atoms with Gasteiger partial charge in [-0.1, -0.05) is 0 Å². The van der Waals surface area contributed by atoms with Crippen molar-refractivity contribution in [3.8, 4) is 11.5 Å². The summed E-state index contributed by atoms with van der Waals surface area (Å²) in [7, 11) is 1.18. The zero-order valence-corrected chi connectivity index (χ0v) is 16.0. The van der Waals surface area contributed by atoms with Crippen LogP contribution in [-0.4, -0.2) is 29.2 Å². The molecule has 0 aliphatic carbocycles. The number of nitro groups is 1. The van der Waals surface area contributed by atoms with Crippen molar-refractivity contribution >= 4 is 16.7 Å². The van der Waals surface area contributed by atoms with Crippen LogP contribution in [-0.2, 0) is 19.8 Å². The summed E-state index contributed by atoms with van der Waals surface area (Å²) >= 11 is 0. The second kappa shape index (κ2) is 7.40. The number of aromatic nitrogens is 5. The smallest absolute Gasteiger partial charge is 0.419 e. The highest BCUT2D eigenvalue weighted by Gasteiger charge is 2.33. The third kappa shape index (κ3) is 3.61. The van der Waals surface area contributed by atoms with Gasteiger partial charge in [-0.15, -0.1) is 10.2 Å². The number of fused-ring (bicyclic) bond motifs is 1. The number of benzene rings is 1. The highest BCUT2D eigenvalue weighted by Crippen LogP contribution is 2.28. The number of hydrogen-bond acceptors (Lipinski definition) is 8. The second-order valence-corrected chi connectivity index (χ2v) is 6.60. The lowest BCUT2D eigenvalue weighted by atomic mass is 10.2. The van der Waals surface area contributed by atoms with Crippen LogP contribution < -0.4 is 11.2 Å². The predicted octanol–water partition coefficient (Wildman–Crippen LogP) is 2.12. The van der Waals surface area contributed by atoms with E-state index in [2.05, 4.69) is 15.2 Å². The van der Waals surface area contributed by atoms with Crippen LogP contribution in [0.15, 0.2) is 50.4 Å². The summed E-state index contributed by atoms with van der Waals surface area (Å²) in [5.74, 6) is -0.131. The van der Waals surface area contributed by atoms with Gasteiger partial charge in [-0.25, -0.2) is 9.78 Å². The van der Waals surface area contributed by atoms with Crippen LogP contribution in [0.5, 0.6) is 0 Å². The van der Waals surface area contributed by atoms with E-state index in [-0.39, 0.29) is 22.9 Å². The van der Waals surface area contributed by atoms with Crippen LogP contribution in [0.1, 0.15) is 11.6 Å². The van der Waals surface area contributed by atoms with E-state index in [4.69, 9.17) is 4.42 Å². The van der Waals surface area contributed by atoms with Crippen LogP contribution >= 0.6 is 0 Å². The molecular weight excluding hydrogens is 437 g/mol. The van der Waals surface area contributed by atoms with E-state index in [0.29, 0.717) is 11.6 Å². The van der Waals surface area contributed by atoms with Gasteiger partial charge in [0, 0.05) is 24.7 Å². The summed E-state index contributed by atoms with van der Waals surface area (Å²) in [6.07, 6.45) is -4.74. The zero-order chi connectivity index (χ0) is 23.2.